The van der Waals surface area contributed by atoms with Crippen molar-refractivity contribution < 1.29 is 12.6 Å². The van der Waals surface area contributed by atoms with Crippen LogP contribution in [0, 0.1) is 3.57 Å². The second-order valence-electron chi connectivity index (χ2n) is 6.41. The van der Waals surface area contributed by atoms with E-state index in [1.54, 1.807) is 30.3 Å². The molecule has 0 aromatic heterocycles. The van der Waals surface area contributed by atoms with Crippen LogP contribution in [0.5, 0.6) is 5.75 Å². The number of hydrogen-bond donors (Lipinski definition) is 2. The Morgan fingerprint density at radius 1 is 1.17 bits per heavy atom. The van der Waals surface area contributed by atoms with E-state index in [-0.39, 0.29) is 17.7 Å². The van der Waals surface area contributed by atoms with Crippen LogP contribution in [0.1, 0.15) is 31.9 Å². The van der Waals surface area contributed by atoms with Crippen LogP contribution >= 0.6 is 22.6 Å². The number of nitrogens with two attached hydrogens (primary N) is 1. The number of halogens is 1. The molecule has 0 spiro atoms. The standard InChI is InChI=1S/C17H21IN2O3S/c1-17(2,3)13-9-12(11-19)16(15(18)10-13)23-24(21,22)20-14-7-5-4-6-8-14/h4-10,20H,11,19H2,1-3H3. The van der Waals surface area contributed by atoms with Crippen LogP contribution in [0.4, 0.5) is 5.69 Å². The highest BCUT2D eigenvalue weighted by atomic mass is 127. The molecule has 24 heavy (non-hydrogen) atoms. The number of nitrogens with one attached hydrogen (secondary N) is 1. The third-order valence-corrected chi connectivity index (χ3v) is 5.09. The zero-order valence-electron chi connectivity index (χ0n) is 13.8. The molecule has 0 aliphatic carbocycles. The van der Waals surface area contributed by atoms with Gasteiger partial charge in [-0.25, -0.2) is 0 Å². The van der Waals surface area contributed by atoms with Gasteiger partial charge in [0.1, 0.15) is 0 Å². The maximum Gasteiger partial charge on any atom is 0.407 e. The lowest BCUT2D eigenvalue weighted by Crippen LogP contribution is -2.21. The van der Waals surface area contributed by atoms with Crippen molar-refractivity contribution in [2.45, 2.75) is 32.7 Å². The molecule has 0 unspecified atom stereocenters. The van der Waals surface area contributed by atoms with E-state index in [2.05, 4.69) is 48.1 Å². The molecule has 130 valence electrons. The topological polar surface area (TPSA) is 81.4 Å². The number of anilines is 1. The van der Waals surface area contributed by atoms with Gasteiger partial charge in [-0.3, -0.25) is 4.72 Å². The van der Waals surface area contributed by atoms with Crippen molar-refractivity contribution in [3.8, 4) is 5.75 Å². The average molecular weight is 460 g/mol. The fourth-order valence-corrected chi connectivity index (χ4v) is 3.93. The SMILES string of the molecule is CC(C)(C)c1cc(I)c(OS(=O)(=O)Nc2ccccc2)c(CN)c1. The minimum absolute atomic E-state index is 0.0659. The summed E-state index contributed by atoms with van der Waals surface area (Å²) >= 11 is 2.07. The van der Waals surface area contributed by atoms with Crippen molar-refractivity contribution in [3.63, 3.8) is 0 Å². The lowest BCUT2D eigenvalue weighted by atomic mass is 9.86. The Kier molecular flexibility index (Phi) is 5.77. The Balaban J connectivity index is 2.35. The molecular formula is C17H21IN2O3S. The molecule has 0 fully saturated rings. The van der Waals surface area contributed by atoms with Crippen molar-refractivity contribution in [3.05, 3.63) is 57.2 Å². The highest BCUT2D eigenvalue weighted by Crippen LogP contribution is 2.33. The first-order chi connectivity index (χ1) is 11.1. The minimum atomic E-state index is -4.00. The number of benzene rings is 2. The minimum Gasteiger partial charge on any atom is -0.365 e. The molecule has 0 atom stereocenters. The van der Waals surface area contributed by atoms with Gasteiger partial charge in [0.05, 0.1) is 9.26 Å². The first kappa shape index (κ1) is 19.0. The molecule has 0 bridgehead atoms. The maximum absolute atomic E-state index is 12.3. The molecule has 0 aliphatic heterocycles. The van der Waals surface area contributed by atoms with E-state index in [1.165, 1.54) is 0 Å². The van der Waals surface area contributed by atoms with Crippen molar-refractivity contribution in [1.82, 2.24) is 0 Å². The van der Waals surface area contributed by atoms with Gasteiger partial charge in [-0.1, -0.05) is 45.0 Å². The maximum atomic E-state index is 12.3. The summed E-state index contributed by atoms with van der Waals surface area (Å²) < 4.78 is 33.0. The van der Waals surface area contributed by atoms with Gasteiger partial charge < -0.3 is 9.92 Å². The Hall–Kier alpha value is -1.32. The van der Waals surface area contributed by atoms with Crippen LogP contribution < -0.4 is 14.6 Å². The Morgan fingerprint density at radius 3 is 2.33 bits per heavy atom. The van der Waals surface area contributed by atoms with E-state index in [1.807, 2.05) is 12.1 Å². The number of hydrogen-bond acceptors (Lipinski definition) is 4. The van der Waals surface area contributed by atoms with E-state index in [9.17, 15) is 8.42 Å². The third kappa shape index (κ3) is 4.84. The predicted molar refractivity (Wildman–Crippen MR) is 105 cm³/mol. The summed E-state index contributed by atoms with van der Waals surface area (Å²) in [5.74, 6) is 0.273. The largest absolute Gasteiger partial charge is 0.407 e. The molecule has 2 aromatic carbocycles. The van der Waals surface area contributed by atoms with Crippen LogP contribution in [0.2, 0.25) is 0 Å². The Labute approximate surface area is 157 Å². The van der Waals surface area contributed by atoms with Gasteiger partial charge in [-0.05, 0) is 51.8 Å². The molecule has 2 aromatic rings. The zero-order valence-corrected chi connectivity index (χ0v) is 16.8. The van der Waals surface area contributed by atoms with Gasteiger partial charge in [0.15, 0.2) is 5.75 Å². The van der Waals surface area contributed by atoms with Crippen LogP contribution in [-0.2, 0) is 22.3 Å². The molecule has 0 saturated heterocycles. The summed E-state index contributed by atoms with van der Waals surface area (Å²) in [6.07, 6.45) is 0. The first-order valence-corrected chi connectivity index (χ1v) is 9.91. The first-order valence-electron chi connectivity index (χ1n) is 7.42. The molecule has 0 radical (unpaired) electrons. The molecule has 3 N–H and O–H groups in total. The molecule has 7 heteroatoms. The molecule has 0 saturated carbocycles. The molecular weight excluding hydrogens is 439 g/mol. The average Bonchev–Trinajstić information content (AvgIpc) is 2.48. The van der Waals surface area contributed by atoms with Gasteiger partial charge in [-0.15, -0.1) is 0 Å². The predicted octanol–water partition coefficient (Wildman–Crippen LogP) is 3.78. The monoisotopic (exact) mass is 460 g/mol. The van der Waals surface area contributed by atoms with Gasteiger partial charge in [-0.2, -0.15) is 8.42 Å². The van der Waals surface area contributed by atoms with E-state index in [4.69, 9.17) is 9.92 Å². The Bertz CT molecular complexity index is 816. The fraction of sp³-hybridized carbons (Fsp3) is 0.294. The normalized spacial score (nSPS) is 12.0. The van der Waals surface area contributed by atoms with Gasteiger partial charge in [0.25, 0.3) is 0 Å². The Morgan fingerprint density at radius 2 is 1.79 bits per heavy atom. The second kappa shape index (κ2) is 7.28. The summed E-state index contributed by atoms with van der Waals surface area (Å²) in [4.78, 5) is 0. The molecule has 0 aliphatic rings. The second-order valence-corrected chi connectivity index (χ2v) is 8.85. The van der Waals surface area contributed by atoms with E-state index >= 15 is 0 Å². The highest BCUT2D eigenvalue weighted by Gasteiger charge is 2.22. The lowest BCUT2D eigenvalue weighted by Gasteiger charge is -2.22. The van der Waals surface area contributed by atoms with E-state index < -0.39 is 10.3 Å². The highest BCUT2D eigenvalue weighted by molar-refractivity contribution is 14.1. The number of para-hydroxylation sites is 1. The summed E-state index contributed by atoms with van der Waals surface area (Å²) in [5, 5.41) is 0. The van der Waals surface area contributed by atoms with Crippen molar-refractivity contribution in [1.29, 1.82) is 0 Å². The van der Waals surface area contributed by atoms with Gasteiger partial charge >= 0.3 is 10.3 Å². The molecule has 2 rings (SSSR count). The zero-order chi connectivity index (χ0) is 18.0. The van der Waals surface area contributed by atoms with Crippen LogP contribution in [0.25, 0.3) is 0 Å². The third-order valence-electron chi connectivity index (χ3n) is 3.42. The van der Waals surface area contributed by atoms with E-state index in [0.717, 1.165) is 5.56 Å². The van der Waals surface area contributed by atoms with E-state index in [0.29, 0.717) is 14.8 Å². The molecule has 0 amide bonds. The summed E-state index contributed by atoms with van der Waals surface area (Å²) in [5.41, 5.74) is 7.91. The summed E-state index contributed by atoms with van der Waals surface area (Å²) in [7, 11) is -4.00. The summed E-state index contributed by atoms with van der Waals surface area (Å²) in [6, 6.07) is 12.4. The quantitative estimate of drug-likeness (QED) is 0.666. The van der Waals surface area contributed by atoms with Crippen LogP contribution in [-0.4, -0.2) is 8.42 Å². The molecule has 0 heterocycles. The van der Waals surface area contributed by atoms with Crippen LogP contribution in [0.15, 0.2) is 42.5 Å². The van der Waals surface area contributed by atoms with Crippen molar-refractivity contribution >= 4 is 38.6 Å². The van der Waals surface area contributed by atoms with Gasteiger partial charge in [0, 0.05) is 12.1 Å². The van der Waals surface area contributed by atoms with Crippen molar-refractivity contribution in [2.75, 3.05) is 4.72 Å². The number of rotatable bonds is 5. The smallest absolute Gasteiger partial charge is 0.365 e. The fourth-order valence-electron chi connectivity index (χ4n) is 2.11. The lowest BCUT2D eigenvalue weighted by molar-refractivity contribution is 0.486. The summed E-state index contributed by atoms with van der Waals surface area (Å²) in [6.45, 7) is 6.46. The van der Waals surface area contributed by atoms with Crippen molar-refractivity contribution in [2.24, 2.45) is 5.73 Å². The molecule has 5 nitrogen and oxygen atoms in total. The van der Waals surface area contributed by atoms with Gasteiger partial charge in [0.2, 0.25) is 0 Å². The van der Waals surface area contributed by atoms with Crippen LogP contribution in [0.3, 0.4) is 0 Å².